The van der Waals surface area contributed by atoms with E-state index in [1.165, 1.54) is 7.11 Å². The minimum Gasteiger partial charge on any atom is -0.511 e. The van der Waals surface area contributed by atoms with Crippen molar-refractivity contribution in [1.82, 2.24) is 0 Å². The molecule has 23 heavy (non-hydrogen) atoms. The van der Waals surface area contributed by atoms with Gasteiger partial charge in [0.1, 0.15) is 11.7 Å². The largest absolute Gasteiger partial charge is 0.511 e. The van der Waals surface area contributed by atoms with Gasteiger partial charge in [0.05, 0.1) is 12.7 Å². The van der Waals surface area contributed by atoms with Crippen LogP contribution in [-0.4, -0.2) is 35.7 Å². The molecule has 0 fully saturated rings. The van der Waals surface area contributed by atoms with Gasteiger partial charge in [-0.05, 0) is 31.6 Å². The van der Waals surface area contributed by atoms with Crippen LogP contribution in [0.3, 0.4) is 0 Å². The number of Topliss-reactive ketones (excluding diaryl/α,β-unsaturated/α-hetero) is 1. The third-order valence-electron chi connectivity index (χ3n) is 4.38. The first-order valence-electron chi connectivity index (χ1n) is 8.30. The second kappa shape index (κ2) is 7.75. The molecule has 1 rings (SSSR count). The number of nitrogens with zero attached hydrogens (tertiary/aromatic N) is 1. The number of esters is 1. The average Bonchev–Trinajstić information content (AvgIpc) is 2.45. The highest BCUT2D eigenvalue weighted by molar-refractivity contribution is 6.24. The predicted octanol–water partition coefficient (Wildman–Crippen LogP) is 3.63. The van der Waals surface area contributed by atoms with Crippen molar-refractivity contribution in [3.8, 4) is 0 Å². The van der Waals surface area contributed by atoms with Gasteiger partial charge in [-0.3, -0.25) is 14.6 Å². The standard InChI is InChI=1S/C18H29NO4/c1-7-9-13(20)14-12(19-11(3)8-2)10-18(4,5)15(16(14)21)17(22)23-6/h11,15,21H,7-10H2,1-6H3/t11-,15-/m0/s1. The summed E-state index contributed by atoms with van der Waals surface area (Å²) in [5, 5.41) is 10.7. The summed E-state index contributed by atoms with van der Waals surface area (Å²) in [7, 11) is 1.29. The van der Waals surface area contributed by atoms with Gasteiger partial charge < -0.3 is 9.84 Å². The van der Waals surface area contributed by atoms with Crippen molar-refractivity contribution in [2.75, 3.05) is 7.11 Å². The number of hydrogen-bond acceptors (Lipinski definition) is 5. The van der Waals surface area contributed by atoms with E-state index >= 15 is 0 Å². The normalized spacial score (nSPS) is 23.7. The molecule has 0 saturated heterocycles. The molecule has 0 aliphatic heterocycles. The zero-order valence-corrected chi connectivity index (χ0v) is 15.1. The summed E-state index contributed by atoms with van der Waals surface area (Å²) in [6, 6.07) is 0.0627. The third kappa shape index (κ3) is 4.21. The van der Waals surface area contributed by atoms with Crippen LogP contribution in [0.1, 0.15) is 60.3 Å². The lowest BCUT2D eigenvalue weighted by atomic mass is 9.67. The number of ketones is 1. The molecule has 0 unspecified atom stereocenters. The molecular formula is C18H29NO4. The molecule has 1 N–H and O–H groups in total. The molecule has 0 radical (unpaired) electrons. The van der Waals surface area contributed by atoms with Crippen molar-refractivity contribution in [3.05, 3.63) is 11.3 Å². The number of carbonyl (C=O) groups excluding carboxylic acids is 2. The lowest BCUT2D eigenvalue weighted by molar-refractivity contribution is -0.149. The van der Waals surface area contributed by atoms with Crippen molar-refractivity contribution in [2.24, 2.45) is 16.3 Å². The van der Waals surface area contributed by atoms with E-state index in [1.807, 2.05) is 34.6 Å². The maximum Gasteiger partial charge on any atom is 0.316 e. The predicted molar refractivity (Wildman–Crippen MR) is 90.7 cm³/mol. The summed E-state index contributed by atoms with van der Waals surface area (Å²) in [4.78, 5) is 29.3. The van der Waals surface area contributed by atoms with E-state index in [9.17, 15) is 14.7 Å². The molecule has 0 amide bonds. The van der Waals surface area contributed by atoms with Crippen molar-refractivity contribution in [2.45, 2.75) is 66.3 Å². The first-order valence-corrected chi connectivity index (χ1v) is 8.30. The molecular weight excluding hydrogens is 294 g/mol. The van der Waals surface area contributed by atoms with Crippen LogP contribution in [0.25, 0.3) is 0 Å². The van der Waals surface area contributed by atoms with Crippen molar-refractivity contribution < 1.29 is 19.4 Å². The summed E-state index contributed by atoms with van der Waals surface area (Å²) in [6.07, 6.45) is 2.32. The van der Waals surface area contributed by atoms with Crippen LogP contribution in [-0.2, 0) is 14.3 Å². The van der Waals surface area contributed by atoms with Gasteiger partial charge in [0.2, 0.25) is 0 Å². The van der Waals surface area contributed by atoms with Gasteiger partial charge in [-0.25, -0.2) is 0 Å². The number of carbonyl (C=O) groups is 2. The maximum absolute atomic E-state index is 12.5. The van der Waals surface area contributed by atoms with Gasteiger partial charge in [0.15, 0.2) is 5.78 Å². The Bertz CT molecular complexity index is 531. The summed E-state index contributed by atoms with van der Waals surface area (Å²) >= 11 is 0. The van der Waals surface area contributed by atoms with E-state index in [4.69, 9.17) is 4.74 Å². The highest BCUT2D eigenvalue weighted by Gasteiger charge is 2.47. The van der Waals surface area contributed by atoms with E-state index in [0.717, 1.165) is 6.42 Å². The smallest absolute Gasteiger partial charge is 0.316 e. The van der Waals surface area contributed by atoms with Crippen molar-refractivity contribution >= 4 is 17.5 Å². The molecule has 1 aliphatic rings. The summed E-state index contributed by atoms with van der Waals surface area (Å²) in [5.41, 5.74) is 0.279. The Hall–Kier alpha value is -1.65. The number of aliphatic imine (C=N–C) groups is 1. The van der Waals surface area contributed by atoms with Crippen LogP contribution in [0.4, 0.5) is 0 Å². The molecule has 2 atom stereocenters. The molecule has 0 bridgehead atoms. The Morgan fingerprint density at radius 1 is 1.39 bits per heavy atom. The van der Waals surface area contributed by atoms with Gasteiger partial charge in [-0.1, -0.05) is 27.7 Å². The molecule has 0 aromatic heterocycles. The van der Waals surface area contributed by atoms with Gasteiger partial charge in [0.25, 0.3) is 0 Å². The Morgan fingerprint density at radius 2 is 2.00 bits per heavy atom. The minimum absolute atomic E-state index is 0.0627. The maximum atomic E-state index is 12.5. The Morgan fingerprint density at radius 3 is 2.48 bits per heavy atom. The van der Waals surface area contributed by atoms with Crippen LogP contribution in [0.2, 0.25) is 0 Å². The second-order valence-corrected chi connectivity index (χ2v) is 6.89. The highest BCUT2D eigenvalue weighted by atomic mass is 16.5. The van der Waals surface area contributed by atoms with Crippen LogP contribution < -0.4 is 0 Å². The number of rotatable bonds is 6. The zero-order chi connectivity index (χ0) is 17.8. The van der Waals surface area contributed by atoms with E-state index in [1.54, 1.807) is 0 Å². The topological polar surface area (TPSA) is 76.0 Å². The van der Waals surface area contributed by atoms with Crippen LogP contribution in [0.5, 0.6) is 0 Å². The number of methoxy groups -OCH3 is 1. The molecule has 0 spiro atoms. The average molecular weight is 323 g/mol. The van der Waals surface area contributed by atoms with Gasteiger partial charge in [-0.15, -0.1) is 0 Å². The Balaban J connectivity index is 3.50. The number of hydrogen-bond donors (Lipinski definition) is 1. The third-order valence-corrected chi connectivity index (χ3v) is 4.38. The highest BCUT2D eigenvalue weighted by Crippen LogP contribution is 2.43. The van der Waals surface area contributed by atoms with Gasteiger partial charge >= 0.3 is 5.97 Å². The first kappa shape index (κ1) is 19.4. The van der Waals surface area contributed by atoms with Crippen molar-refractivity contribution in [3.63, 3.8) is 0 Å². The SMILES string of the molecule is CCCC(=O)C1=C(O)[C@@H](C(=O)OC)C(C)(C)CC1=N[C@@H](C)CC. The number of aliphatic hydroxyl groups excluding tert-OH is 1. The zero-order valence-electron chi connectivity index (χ0n) is 15.1. The van der Waals surface area contributed by atoms with E-state index in [-0.39, 0.29) is 23.2 Å². The fourth-order valence-electron chi connectivity index (χ4n) is 2.96. The van der Waals surface area contributed by atoms with Crippen molar-refractivity contribution in [1.29, 1.82) is 0 Å². The molecule has 0 heterocycles. The fraction of sp³-hybridized carbons (Fsp3) is 0.722. The summed E-state index contributed by atoms with van der Waals surface area (Å²) < 4.78 is 4.84. The molecule has 0 aromatic carbocycles. The van der Waals surface area contributed by atoms with Gasteiger partial charge in [-0.2, -0.15) is 0 Å². The van der Waals surface area contributed by atoms with E-state index < -0.39 is 17.3 Å². The molecule has 0 aromatic rings. The molecule has 130 valence electrons. The number of ether oxygens (including phenoxy) is 1. The Labute approximate surface area is 138 Å². The van der Waals surface area contributed by atoms with E-state index in [2.05, 4.69) is 4.99 Å². The van der Waals surface area contributed by atoms with Crippen LogP contribution >= 0.6 is 0 Å². The lowest BCUT2D eigenvalue weighted by Gasteiger charge is -2.37. The molecule has 5 nitrogen and oxygen atoms in total. The Kier molecular flexibility index (Phi) is 6.54. The second-order valence-electron chi connectivity index (χ2n) is 6.89. The monoisotopic (exact) mass is 323 g/mol. The fourth-order valence-corrected chi connectivity index (χ4v) is 2.96. The molecule has 1 aliphatic carbocycles. The summed E-state index contributed by atoms with van der Waals surface area (Å²) in [6.45, 7) is 9.68. The van der Waals surface area contributed by atoms with Crippen LogP contribution in [0.15, 0.2) is 16.3 Å². The quantitative estimate of drug-likeness (QED) is 0.757. The van der Waals surface area contributed by atoms with Gasteiger partial charge in [0, 0.05) is 18.2 Å². The van der Waals surface area contributed by atoms with Crippen LogP contribution in [0, 0.1) is 11.3 Å². The molecule has 0 saturated carbocycles. The van der Waals surface area contributed by atoms with E-state index in [0.29, 0.717) is 25.0 Å². The number of aliphatic hydroxyl groups is 1. The lowest BCUT2D eigenvalue weighted by Crippen LogP contribution is -2.42. The summed E-state index contributed by atoms with van der Waals surface area (Å²) in [5.74, 6) is -1.69. The molecule has 5 heteroatoms. The minimum atomic E-state index is -0.834. The number of allylic oxidation sites excluding steroid dienone is 1. The first-order chi connectivity index (χ1) is 10.7.